The van der Waals surface area contributed by atoms with Gasteiger partial charge in [-0.05, 0) is 6.07 Å². The Labute approximate surface area is 115 Å². The quantitative estimate of drug-likeness (QED) is 0.683. The number of benzene rings is 1. The van der Waals surface area contributed by atoms with E-state index in [-0.39, 0.29) is 12.5 Å². The van der Waals surface area contributed by atoms with Crippen LogP contribution in [0.2, 0.25) is 0 Å². The van der Waals surface area contributed by atoms with Gasteiger partial charge in [0.05, 0.1) is 12.7 Å². The van der Waals surface area contributed by atoms with E-state index < -0.39 is 0 Å². The summed E-state index contributed by atoms with van der Waals surface area (Å²) in [4.78, 5) is 11.5. The van der Waals surface area contributed by atoms with E-state index in [1.54, 1.807) is 6.92 Å². The first-order valence-electron chi connectivity index (χ1n) is 6.14. The fourth-order valence-corrected chi connectivity index (χ4v) is 2.16. The number of carbonyl (C=O) groups is 1. The predicted octanol–water partition coefficient (Wildman–Crippen LogP) is 2.17. The molecule has 3 rings (SSSR count). The number of aromatic nitrogens is 3. The van der Waals surface area contributed by atoms with E-state index in [2.05, 4.69) is 10.2 Å². The van der Waals surface area contributed by atoms with E-state index in [0.717, 1.165) is 16.5 Å². The molecule has 0 N–H and O–H groups in total. The molecule has 20 heavy (non-hydrogen) atoms. The van der Waals surface area contributed by atoms with E-state index in [1.807, 2.05) is 35.0 Å². The average Bonchev–Trinajstić information content (AvgIpc) is 3.03. The van der Waals surface area contributed by atoms with Crippen molar-refractivity contribution < 1.29 is 13.9 Å². The summed E-state index contributed by atoms with van der Waals surface area (Å²) in [6, 6.07) is 7.74. The standard InChI is InChI=1S/C14H13N3O3/c1-9-15-16-14(20-9)11-7-17(8-13(18)19-2)12-6-4-3-5-10(11)12/h3-7H,8H2,1-2H3. The number of para-hydroxylation sites is 1. The number of carbonyl (C=O) groups excluding carboxylic acids is 1. The van der Waals surface area contributed by atoms with Gasteiger partial charge >= 0.3 is 5.97 Å². The number of fused-ring (bicyclic) bond motifs is 1. The monoisotopic (exact) mass is 271 g/mol. The van der Waals surface area contributed by atoms with Crippen LogP contribution in [0.5, 0.6) is 0 Å². The molecule has 6 heteroatoms. The van der Waals surface area contributed by atoms with Gasteiger partial charge in [-0.1, -0.05) is 18.2 Å². The van der Waals surface area contributed by atoms with Crippen molar-refractivity contribution in [3.8, 4) is 11.5 Å². The maximum absolute atomic E-state index is 11.5. The van der Waals surface area contributed by atoms with Gasteiger partial charge in [-0.3, -0.25) is 4.79 Å². The molecule has 0 aliphatic rings. The fourth-order valence-electron chi connectivity index (χ4n) is 2.16. The van der Waals surface area contributed by atoms with Crippen LogP contribution in [-0.4, -0.2) is 27.8 Å². The Bertz CT molecular complexity index is 773. The zero-order chi connectivity index (χ0) is 14.1. The van der Waals surface area contributed by atoms with Crippen LogP contribution in [0, 0.1) is 6.92 Å². The zero-order valence-electron chi connectivity index (χ0n) is 11.2. The molecule has 0 aliphatic heterocycles. The van der Waals surface area contributed by atoms with Crippen LogP contribution < -0.4 is 0 Å². The largest absolute Gasteiger partial charge is 0.468 e. The summed E-state index contributed by atoms with van der Waals surface area (Å²) < 4.78 is 12.0. The van der Waals surface area contributed by atoms with Crippen LogP contribution in [0.4, 0.5) is 0 Å². The van der Waals surface area contributed by atoms with Crippen LogP contribution in [-0.2, 0) is 16.1 Å². The number of methoxy groups -OCH3 is 1. The second-order valence-electron chi connectivity index (χ2n) is 4.39. The van der Waals surface area contributed by atoms with Gasteiger partial charge in [0.2, 0.25) is 11.8 Å². The van der Waals surface area contributed by atoms with Crippen LogP contribution in [0.15, 0.2) is 34.9 Å². The highest BCUT2D eigenvalue weighted by atomic mass is 16.5. The van der Waals surface area contributed by atoms with E-state index >= 15 is 0 Å². The summed E-state index contributed by atoms with van der Waals surface area (Å²) in [5.41, 5.74) is 1.73. The Morgan fingerprint density at radius 1 is 1.35 bits per heavy atom. The van der Waals surface area contributed by atoms with E-state index in [4.69, 9.17) is 9.15 Å². The first-order valence-corrected chi connectivity index (χ1v) is 6.14. The van der Waals surface area contributed by atoms with Gasteiger partial charge < -0.3 is 13.7 Å². The minimum atomic E-state index is -0.306. The molecule has 0 saturated carbocycles. The molecule has 2 heterocycles. The highest BCUT2D eigenvalue weighted by Crippen LogP contribution is 2.29. The van der Waals surface area contributed by atoms with Crippen molar-refractivity contribution in [1.29, 1.82) is 0 Å². The molecular weight excluding hydrogens is 258 g/mol. The van der Waals surface area contributed by atoms with Crippen LogP contribution in [0.1, 0.15) is 5.89 Å². The molecule has 0 radical (unpaired) electrons. The smallest absolute Gasteiger partial charge is 0.325 e. The second kappa shape index (κ2) is 4.80. The molecule has 0 unspecified atom stereocenters. The highest BCUT2D eigenvalue weighted by Gasteiger charge is 2.16. The number of nitrogens with zero attached hydrogens (tertiary/aromatic N) is 3. The summed E-state index contributed by atoms with van der Waals surface area (Å²) in [7, 11) is 1.37. The first kappa shape index (κ1) is 12.4. The Balaban J connectivity index is 2.15. The maximum atomic E-state index is 11.5. The van der Waals surface area contributed by atoms with Crippen LogP contribution in [0.3, 0.4) is 0 Å². The van der Waals surface area contributed by atoms with Crippen molar-refractivity contribution in [3.63, 3.8) is 0 Å². The molecule has 0 fully saturated rings. The molecule has 6 nitrogen and oxygen atoms in total. The molecule has 0 atom stereocenters. The summed E-state index contributed by atoms with van der Waals surface area (Å²) >= 11 is 0. The molecule has 3 aromatic rings. The molecule has 0 saturated heterocycles. The van der Waals surface area contributed by atoms with Crippen molar-refractivity contribution in [2.24, 2.45) is 0 Å². The van der Waals surface area contributed by atoms with Crippen molar-refractivity contribution >= 4 is 16.9 Å². The second-order valence-corrected chi connectivity index (χ2v) is 4.39. The number of hydrogen-bond donors (Lipinski definition) is 0. The van der Waals surface area contributed by atoms with Crippen molar-refractivity contribution in [2.45, 2.75) is 13.5 Å². The lowest BCUT2D eigenvalue weighted by Crippen LogP contribution is -2.10. The van der Waals surface area contributed by atoms with E-state index in [1.165, 1.54) is 7.11 Å². The summed E-state index contributed by atoms with van der Waals surface area (Å²) in [5.74, 6) is 0.645. The third-order valence-corrected chi connectivity index (χ3v) is 3.07. The minimum Gasteiger partial charge on any atom is -0.468 e. The Kier molecular flexibility index (Phi) is 2.98. The van der Waals surface area contributed by atoms with Gasteiger partial charge in [0, 0.05) is 24.0 Å². The molecule has 2 aromatic heterocycles. The van der Waals surface area contributed by atoms with Gasteiger partial charge in [0.15, 0.2) is 0 Å². The summed E-state index contributed by atoms with van der Waals surface area (Å²) in [5, 5.41) is 8.83. The number of rotatable bonds is 3. The number of aryl methyl sites for hydroxylation is 1. The highest BCUT2D eigenvalue weighted by molar-refractivity contribution is 5.94. The fraction of sp³-hybridized carbons (Fsp3) is 0.214. The van der Waals surface area contributed by atoms with Crippen molar-refractivity contribution in [3.05, 3.63) is 36.4 Å². The molecule has 0 spiro atoms. The van der Waals surface area contributed by atoms with Crippen LogP contribution in [0.25, 0.3) is 22.4 Å². The van der Waals surface area contributed by atoms with E-state index in [0.29, 0.717) is 11.8 Å². The minimum absolute atomic E-state index is 0.143. The van der Waals surface area contributed by atoms with Gasteiger partial charge in [-0.25, -0.2) is 0 Å². The number of ether oxygens (including phenoxy) is 1. The molecule has 1 aromatic carbocycles. The van der Waals surface area contributed by atoms with Gasteiger partial charge in [0.25, 0.3) is 0 Å². The normalized spacial score (nSPS) is 10.9. The molecule has 0 aliphatic carbocycles. The third kappa shape index (κ3) is 2.05. The first-order chi connectivity index (χ1) is 9.69. The van der Waals surface area contributed by atoms with Crippen LogP contribution >= 0.6 is 0 Å². The number of esters is 1. The average molecular weight is 271 g/mol. The lowest BCUT2D eigenvalue weighted by atomic mass is 10.2. The Hall–Kier alpha value is -2.63. The Morgan fingerprint density at radius 2 is 2.15 bits per heavy atom. The van der Waals surface area contributed by atoms with Gasteiger partial charge in [0.1, 0.15) is 6.54 Å². The predicted molar refractivity (Wildman–Crippen MR) is 72.0 cm³/mol. The zero-order valence-corrected chi connectivity index (χ0v) is 11.2. The third-order valence-electron chi connectivity index (χ3n) is 3.07. The van der Waals surface area contributed by atoms with E-state index in [9.17, 15) is 4.79 Å². The Morgan fingerprint density at radius 3 is 2.85 bits per heavy atom. The number of hydrogen-bond acceptors (Lipinski definition) is 5. The molecule has 0 amide bonds. The SMILES string of the molecule is COC(=O)Cn1cc(-c2nnc(C)o2)c2ccccc21. The lowest BCUT2D eigenvalue weighted by Gasteiger charge is -2.02. The molecular formula is C14H13N3O3. The van der Waals surface area contributed by atoms with Gasteiger partial charge in [-0.2, -0.15) is 0 Å². The lowest BCUT2D eigenvalue weighted by molar-refractivity contribution is -0.141. The topological polar surface area (TPSA) is 70.2 Å². The van der Waals surface area contributed by atoms with Crippen molar-refractivity contribution in [2.75, 3.05) is 7.11 Å². The summed E-state index contributed by atoms with van der Waals surface area (Å²) in [6.45, 7) is 1.88. The van der Waals surface area contributed by atoms with Crippen molar-refractivity contribution in [1.82, 2.24) is 14.8 Å². The molecule has 0 bridgehead atoms. The van der Waals surface area contributed by atoms with Gasteiger partial charge in [-0.15, -0.1) is 10.2 Å². The molecule has 102 valence electrons. The maximum Gasteiger partial charge on any atom is 0.325 e. The summed E-state index contributed by atoms with van der Waals surface area (Å²) in [6.07, 6.45) is 1.83.